The Morgan fingerprint density at radius 1 is 1.33 bits per heavy atom. The summed E-state index contributed by atoms with van der Waals surface area (Å²) in [5, 5.41) is 0. The Balaban J connectivity index is 2.42. The first-order valence-corrected chi connectivity index (χ1v) is 6.90. The van der Waals surface area contributed by atoms with E-state index < -0.39 is 5.97 Å². The highest BCUT2D eigenvalue weighted by atomic mass is 16.5. The molecule has 0 bridgehead atoms. The van der Waals surface area contributed by atoms with Gasteiger partial charge >= 0.3 is 5.97 Å². The molecule has 0 radical (unpaired) electrons. The molecule has 0 spiro atoms. The minimum Gasteiger partial charge on any atom is -0.497 e. The van der Waals surface area contributed by atoms with Crippen LogP contribution < -0.4 is 4.74 Å². The number of hydrogen-bond acceptors (Lipinski definition) is 4. The summed E-state index contributed by atoms with van der Waals surface area (Å²) >= 11 is 0. The fourth-order valence-corrected chi connectivity index (χ4v) is 2.39. The maximum Gasteiger partial charge on any atom is 0.330 e. The zero-order valence-corrected chi connectivity index (χ0v) is 12.2. The van der Waals surface area contributed by atoms with Gasteiger partial charge in [0, 0.05) is 11.6 Å². The lowest BCUT2D eigenvalue weighted by atomic mass is 9.85. The van der Waals surface area contributed by atoms with Crippen molar-refractivity contribution in [2.24, 2.45) is 0 Å². The van der Waals surface area contributed by atoms with E-state index in [1.807, 2.05) is 18.2 Å². The van der Waals surface area contributed by atoms with Crippen LogP contribution in [0.4, 0.5) is 0 Å². The number of methoxy groups -OCH3 is 1. The SMILES string of the molecule is CCOC(=O)/C=C/C1=C(C=O)CCc2ccc(OC)cc21. The minimum absolute atomic E-state index is 0.327. The maximum absolute atomic E-state index is 11.5. The zero-order valence-electron chi connectivity index (χ0n) is 12.2. The Labute approximate surface area is 124 Å². The molecule has 1 aromatic carbocycles. The number of carbonyl (C=O) groups excluding carboxylic acids is 2. The van der Waals surface area contributed by atoms with Crippen molar-refractivity contribution < 1.29 is 19.1 Å². The number of rotatable bonds is 5. The van der Waals surface area contributed by atoms with Crippen LogP contribution in [-0.4, -0.2) is 26.0 Å². The highest BCUT2D eigenvalue weighted by Gasteiger charge is 2.18. The van der Waals surface area contributed by atoms with E-state index in [1.54, 1.807) is 20.1 Å². The Hall–Kier alpha value is -2.36. The summed E-state index contributed by atoms with van der Waals surface area (Å²) in [6.45, 7) is 2.08. The topological polar surface area (TPSA) is 52.6 Å². The number of benzene rings is 1. The van der Waals surface area contributed by atoms with Gasteiger partial charge in [0.2, 0.25) is 0 Å². The first-order valence-electron chi connectivity index (χ1n) is 6.90. The molecule has 0 aliphatic heterocycles. The molecule has 1 aromatic rings. The van der Waals surface area contributed by atoms with Crippen LogP contribution in [0.2, 0.25) is 0 Å². The van der Waals surface area contributed by atoms with E-state index in [2.05, 4.69) is 0 Å². The number of carbonyl (C=O) groups is 2. The van der Waals surface area contributed by atoms with Crippen LogP contribution >= 0.6 is 0 Å². The smallest absolute Gasteiger partial charge is 0.330 e. The number of aryl methyl sites for hydroxylation is 1. The Morgan fingerprint density at radius 2 is 2.14 bits per heavy atom. The van der Waals surface area contributed by atoms with Gasteiger partial charge in [0.25, 0.3) is 0 Å². The fraction of sp³-hybridized carbons (Fsp3) is 0.294. The highest BCUT2D eigenvalue weighted by molar-refractivity contribution is 5.96. The van der Waals surface area contributed by atoms with Crippen LogP contribution in [-0.2, 0) is 20.7 Å². The fourth-order valence-electron chi connectivity index (χ4n) is 2.39. The molecular formula is C17H18O4. The largest absolute Gasteiger partial charge is 0.497 e. The maximum atomic E-state index is 11.5. The van der Waals surface area contributed by atoms with Crippen LogP contribution in [0.25, 0.3) is 5.57 Å². The molecule has 0 atom stereocenters. The van der Waals surface area contributed by atoms with Gasteiger partial charge in [-0.05, 0) is 54.7 Å². The van der Waals surface area contributed by atoms with Crippen LogP contribution in [0.3, 0.4) is 0 Å². The molecule has 0 unspecified atom stereocenters. The van der Waals surface area contributed by atoms with Gasteiger partial charge in [0.15, 0.2) is 0 Å². The van der Waals surface area contributed by atoms with Gasteiger partial charge in [-0.2, -0.15) is 0 Å². The summed E-state index contributed by atoms with van der Waals surface area (Å²) in [7, 11) is 1.60. The van der Waals surface area contributed by atoms with Crippen molar-refractivity contribution in [3.8, 4) is 5.75 Å². The van der Waals surface area contributed by atoms with E-state index in [0.717, 1.165) is 35.2 Å². The quantitative estimate of drug-likeness (QED) is 0.474. The molecule has 110 valence electrons. The molecule has 0 saturated heterocycles. The Bertz CT molecular complexity index is 611. The van der Waals surface area contributed by atoms with Gasteiger partial charge in [-0.25, -0.2) is 4.79 Å². The van der Waals surface area contributed by atoms with Crippen molar-refractivity contribution in [2.45, 2.75) is 19.8 Å². The lowest BCUT2D eigenvalue weighted by Crippen LogP contribution is -2.06. The number of allylic oxidation sites excluding steroid dienone is 3. The third-order valence-corrected chi connectivity index (χ3v) is 3.43. The number of hydrogen-bond donors (Lipinski definition) is 0. The van der Waals surface area contributed by atoms with Gasteiger partial charge in [-0.3, -0.25) is 4.79 Å². The normalized spacial score (nSPS) is 14.0. The molecule has 1 aliphatic carbocycles. The van der Waals surface area contributed by atoms with Crippen molar-refractivity contribution in [1.82, 2.24) is 0 Å². The van der Waals surface area contributed by atoms with Crippen molar-refractivity contribution >= 4 is 17.8 Å². The summed E-state index contributed by atoms with van der Waals surface area (Å²) in [5.41, 5.74) is 3.53. The van der Waals surface area contributed by atoms with E-state index in [1.165, 1.54) is 6.08 Å². The lowest BCUT2D eigenvalue weighted by molar-refractivity contribution is -0.137. The average molecular weight is 286 g/mol. The molecule has 21 heavy (non-hydrogen) atoms. The van der Waals surface area contributed by atoms with E-state index in [9.17, 15) is 9.59 Å². The highest BCUT2D eigenvalue weighted by Crippen LogP contribution is 2.33. The monoisotopic (exact) mass is 286 g/mol. The van der Waals surface area contributed by atoms with E-state index >= 15 is 0 Å². The Kier molecular flexibility index (Phi) is 4.93. The molecular weight excluding hydrogens is 268 g/mol. The van der Waals surface area contributed by atoms with Gasteiger partial charge < -0.3 is 9.47 Å². The van der Waals surface area contributed by atoms with Crippen molar-refractivity contribution in [3.05, 3.63) is 47.1 Å². The van der Waals surface area contributed by atoms with Crippen LogP contribution in [0.1, 0.15) is 24.5 Å². The second kappa shape index (κ2) is 6.88. The van der Waals surface area contributed by atoms with E-state index in [-0.39, 0.29) is 0 Å². The Morgan fingerprint density at radius 3 is 2.81 bits per heavy atom. The second-order valence-corrected chi connectivity index (χ2v) is 4.67. The van der Waals surface area contributed by atoms with Crippen LogP contribution in [0, 0.1) is 0 Å². The van der Waals surface area contributed by atoms with Crippen LogP contribution in [0.5, 0.6) is 5.75 Å². The number of esters is 1. The first-order chi connectivity index (χ1) is 10.2. The molecule has 2 rings (SSSR count). The standard InChI is InChI=1S/C17H18O4/c1-3-21-17(19)9-8-15-13(11-18)5-4-12-6-7-14(20-2)10-16(12)15/h6-11H,3-5H2,1-2H3/b9-8+. The summed E-state index contributed by atoms with van der Waals surface area (Å²) in [5.74, 6) is 0.313. The second-order valence-electron chi connectivity index (χ2n) is 4.67. The van der Waals surface area contributed by atoms with Crippen LogP contribution in [0.15, 0.2) is 35.9 Å². The molecule has 0 amide bonds. The molecule has 0 fully saturated rings. The van der Waals surface area contributed by atoms with Gasteiger partial charge in [0.1, 0.15) is 12.0 Å². The van der Waals surface area contributed by atoms with E-state index in [4.69, 9.17) is 9.47 Å². The summed E-state index contributed by atoms with van der Waals surface area (Å²) < 4.78 is 10.1. The molecule has 0 N–H and O–H groups in total. The predicted molar refractivity (Wildman–Crippen MR) is 80.1 cm³/mol. The molecule has 0 aromatic heterocycles. The van der Waals surface area contributed by atoms with Crippen molar-refractivity contribution in [2.75, 3.05) is 13.7 Å². The molecule has 4 nitrogen and oxygen atoms in total. The average Bonchev–Trinajstić information content (AvgIpc) is 2.52. The first kappa shape index (κ1) is 15.0. The molecule has 4 heteroatoms. The van der Waals surface area contributed by atoms with Gasteiger partial charge in [0.05, 0.1) is 13.7 Å². The van der Waals surface area contributed by atoms with Crippen molar-refractivity contribution in [3.63, 3.8) is 0 Å². The van der Waals surface area contributed by atoms with Gasteiger partial charge in [-0.1, -0.05) is 6.07 Å². The zero-order chi connectivity index (χ0) is 15.2. The third kappa shape index (κ3) is 3.40. The lowest BCUT2D eigenvalue weighted by Gasteiger charge is -2.19. The molecule has 0 saturated carbocycles. The molecule has 0 heterocycles. The van der Waals surface area contributed by atoms with Gasteiger partial charge in [-0.15, -0.1) is 0 Å². The minimum atomic E-state index is -0.412. The summed E-state index contributed by atoms with van der Waals surface area (Å²) in [6, 6.07) is 5.79. The molecule has 1 aliphatic rings. The van der Waals surface area contributed by atoms with E-state index in [0.29, 0.717) is 18.6 Å². The predicted octanol–water partition coefficient (Wildman–Crippen LogP) is 2.71. The summed E-state index contributed by atoms with van der Waals surface area (Å²) in [4.78, 5) is 22.7. The van der Waals surface area contributed by atoms with Crippen molar-refractivity contribution in [1.29, 1.82) is 0 Å². The number of fused-ring (bicyclic) bond motifs is 1. The third-order valence-electron chi connectivity index (χ3n) is 3.43. The number of aldehydes is 1. The number of ether oxygens (including phenoxy) is 2. The summed E-state index contributed by atoms with van der Waals surface area (Å²) in [6.07, 6.45) is 5.35.